The fourth-order valence-corrected chi connectivity index (χ4v) is 2.76. The summed E-state index contributed by atoms with van der Waals surface area (Å²) >= 11 is 0. The van der Waals surface area contributed by atoms with Gasteiger partial charge in [-0.3, -0.25) is 4.79 Å². The fourth-order valence-electron chi connectivity index (χ4n) is 2.76. The number of rotatable bonds is 8. The third kappa shape index (κ3) is 6.30. The number of carbonyl (C=O) groups is 1. The molecule has 0 bridgehead atoms. The summed E-state index contributed by atoms with van der Waals surface area (Å²) in [6.07, 6.45) is 15.5. The van der Waals surface area contributed by atoms with Crippen molar-refractivity contribution in [2.24, 2.45) is 5.92 Å². The number of ketones is 1. The molecule has 0 aromatic rings. The van der Waals surface area contributed by atoms with Crippen LogP contribution in [0.25, 0.3) is 0 Å². The Balaban J connectivity index is 1.85. The SMILES string of the molecule is CCC(=O)CCCCCCC1CCCCC1. The molecular weight excluding hydrogens is 196 g/mol. The van der Waals surface area contributed by atoms with Crippen molar-refractivity contribution in [2.75, 3.05) is 0 Å². The maximum Gasteiger partial charge on any atom is 0.132 e. The summed E-state index contributed by atoms with van der Waals surface area (Å²) < 4.78 is 0. The molecule has 94 valence electrons. The van der Waals surface area contributed by atoms with E-state index >= 15 is 0 Å². The van der Waals surface area contributed by atoms with Gasteiger partial charge in [-0.15, -0.1) is 0 Å². The molecule has 0 saturated heterocycles. The highest BCUT2D eigenvalue weighted by Gasteiger charge is 2.12. The van der Waals surface area contributed by atoms with E-state index < -0.39 is 0 Å². The minimum atomic E-state index is 0.437. The zero-order valence-electron chi connectivity index (χ0n) is 11.0. The summed E-state index contributed by atoms with van der Waals surface area (Å²) in [6.45, 7) is 1.96. The van der Waals surface area contributed by atoms with Gasteiger partial charge in [-0.2, -0.15) is 0 Å². The quantitative estimate of drug-likeness (QED) is 0.537. The highest BCUT2D eigenvalue weighted by Crippen LogP contribution is 2.28. The lowest BCUT2D eigenvalue weighted by Crippen LogP contribution is -2.05. The number of hydrogen-bond acceptors (Lipinski definition) is 1. The van der Waals surface area contributed by atoms with Crippen LogP contribution in [0.4, 0.5) is 0 Å². The van der Waals surface area contributed by atoms with E-state index in [1.807, 2.05) is 6.92 Å². The average Bonchev–Trinajstić information content (AvgIpc) is 2.34. The van der Waals surface area contributed by atoms with Crippen LogP contribution in [-0.4, -0.2) is 5.78 Å². The predicted molar refractivity (Wildman–Crippen MR) is 69.6 cm³/mol. The van der Waals surface area contributed by atoms with Crippen LogP contribution in [0.15, 0.2) is 0 Å². The fraction of sp³-hybridized carbons (Fsp3) is 0.933. The molecule has 1 aliphatic rings. The molecule has 0 spiro atoms. The Kier molecular flexibility index (Phi) is 7.54. The smallest absolute Gasteiger partial charge is 0.132 e. The molecule has 0 aliphatic heterocycles. The van der Waals surface area contributed by atoms with Gasteiger partial charge < -0.3 is 0 Å². The lowest BCUT2D eigenvalue weighted by Gasteiger charge is -2.21. The molecule has 1 aliphatic carbocycles. The van der Waals surface area contributed by atoms with Crippen LogP contribution < -0.4 is 0 Å². The molecule has 1 saturated carbocycles. The van der Waals surface area contributed by atoms with Gasteiger partial charge in [0.2, 0.25) is 0 Å². The topological polar surface area (TPSA) is 17.1 Å². The van der Waals surface area contributed by atoms with Crippen LogP contribution in [-0.2, 0) is 4.79 Å². The van der Waals surface area contributed by atoms with E-state index in [0.29, 0.717) is 5.78 Å². The highest BCUT2D eigenvalue weighted by molar-refractivity contribution is 5.77. The van der Waals surface area contributed by atoms with Crippen molar-refractivity contribution in [2.45, 2.75) is 84.0 Å². The Hall–Kier alpha value is -0.330. The first-order valence-electron chi connectivity index (χ1n) is 7.34. The van der Waals surface area contributed by atoms with Gasteiger partial charge in [0.1, 0.15) is 5.78 Å². The Bertz CT molecular complexity index is 180. The second-order valence-corrected chi connectivity index (χ2v) is 5.35. The zero-order valence-corrected chi connectivity index (χ0v) is 11.0. The normalized spacial score (nSPS) is 17.6. The summed E-state index contributed by atoms with van der Waals surface area (Å²) in [6, 6.07) is 0. The summed E-state index contributed by atoms with van der Waals surface area (Å²) in [7, 11) is 0. The molecule has 1 fully saturated rings. The maximum absolute atomic E-state index is 11.1. The number of Topliss-reactive ketones (excluding diaryl/α,β-unsaturated/α-hetero) is 1. The van der Waals surface area contributed by atoms with Crippen molar-refractivity contribution in [1.82, 2.24) is 0 Å². The number of carbonyl (C=O) groups excluding carboxylic acids is 1. The Morgan fingerprint density at radius 2 is 1.69 bits per heavy atom. The van der Waals surface area contributed by atoms with Crippen LogP contribution in [0.2, 0.25) is 0 Å². The van der Waals surface area contributed by atoms with E-state index in [4.69, 9.17) is 0 Å². The Morgan fingerprint density at radius 3 is 2.38 bits per heavy atom. The number of unbranched alkanes of at least 4 members (excludes halogenated alkanes) is 3. The lowest BCUT2D eigenvalue weighted by molar-refractivity contribution is -0.118. The first-order chi connectivity index (χ1) is 7.83. The van der Waals surface area contributed by atoms with Gasteiger partial charge in [0.15, 0.2) is 0 Å². The third-order valence-corrected chi connectivity index (χ3v) is 3.94. The van der Waals surface area contributed by atoms with Gasteiger partial charge in [-0.25, -0.2) is 0 Å². The van der Waals surface area contributed by atoms with E-state index in [1.54, 1.807) is 0 Å². The molecule has 0 atom stereocenters. The monoisotopic (exact) mass is 224 g/mol. The predicted octanol–water partition coefficient (Wildman–Crippen LogP) is 4.89. The van der Waals surface area contributed by atoms with Crippen molar-refractivity contribution in [3.63, 3.8) is 0 Å². The zero-order chi connectivity index (χ0) is 11.6. The average molecular weight is 224 g/mol. The molecule has 16 heavy (non-hydrogen) atoms. The molecule has 0 aromatic carbocycles. The Labute approximate surface area is 101 Å². The molecule has 0 amide bonds. The van der Waals surface area contributed by atoms with E-state index in [9.17, 15) is 4.79 Å². The molecule has 1 nitrogen and oxygen atoms in total. The molecular formula is C15H28O. The second-order valence-electron chi connectivity index (χ2n) is 5.35. The first-order valence-corrected chi connectivity index (χ1v) is 7.34. The van der Waals surface area contributed by atoms with E-state index in [0.717, 1.165) is 25.2 Å². The van der Waals surface area contributed by atoms with Gasteiger partial charge >= 0.3 is 0 Å². The lowest BCUT2D eigenvalue weighted by atomic mass is 9.85. The molecule has 1 rings (SSSR count). The maximum atomic E-state index is 11.1. The van der Waals surface area contributed by atoms with Gasteiger partial charge in [0.05, 0.1) is 0 Å². The van der Waals surface area contributed by atoms with Gasteiger partial charge in [0.25, 0.3) is 0 Å². The molecule has 0 aromatic heterocycles. The summed E-state index contributed by atoms with van der Waals surface area (Å²) in [5, 5.41) is 0. The van der Waals surface area contributed by atoms with Crippen LogP contribution in [0.1, 0.15) is 84.0 Å². The van der Waals surface area contributed by atoms with Crippen LogP contribution in [0.5, 0.6) is 0 Å². The van der Waals surface area contributed by atoms with Crippen LogP contribution >= 0.6 is 0 Å². The second kappa shape index (κ2) is 8.78. The minimum Gasteiger partial charge on any atom is -0.300 e. The van der Waals surface area contributed by atoms with E-state index in [-0.39, 0.29) is 0 Å². The van der Waals surface area contributed by atoms with Crippen molar-refractivity contribution < 1.29 is 4.79 Å². The molecule has 0 heterocycles. The van der Waals surface area contributed by atoms with Crippen LogP contribution in [0, 0.1) is 5.92 Å². The first kappa shape index (κ1) is 13.7. The summed E-state index contributed by atoms with van der Waals surface area (Å²) in [4.78, 5) is 11.1. The van der Waals surface area contributed by atoms with Crippen molar-refractivity contribution >= 4 is 5.78 Å². The molecule has 0 radical (unpaired) electrons. The summed E-state index contributed by atoms with van der Waals surface area (Å²) in [5.41, 5.74) is 0. The standard InChI is InChI=1S/C15H28O/c1-2-15(16)13-9-4-3-6-10-14-11-7-5-8-12-14/h14H,2-13H2,1H3. The highest BCUT2D eigenvalue weighted by atomic mass is 16.1. The van der Waals surface area contributed by atoms with Gasteiger partial charge in [-0.1, -0.05) is 64.7 Å². The van der Waals surface area contributed by atoms with Gasteiger partial charge in [0, 0.05) is 12.8 Å². The van der Waals surface area contributed by atoms with Crippen molar-refractivity contribution in [3.05, 3.63) is 0 Å². The van der Waals surface area contributed by atoms with Crippen molar-refractivity contribution in [3.8, 4) is 0 Å². The number of hydrogen-bond donors (Lipinski definition) is 0. The molecule has 1 heteroatoms. The third-order valence-electron chi connectivity index (χ3n) is 3.94. The summed E-state index contributed by atoms with van der Waals surface area (Å²) in [5.74, 6) is 1.47. The van der Waals surface area contributed by atoms with Crippen LogP contribution in [0.3, 0.4) is 0 Å². The van der Waals surface area contributed by atoms with Crippen molar-refractivity contribution in [1.29, 1.82) is 0 Å². The Morgan fingerprint density at radius 1 is 1.00 bits per heavy atom. The molecule has 0 N–H and O–H groups in total. The van der Waals surface area contributed by atoms with Gasteiger partial charge in [-0.05, 0) is 12.3 Å². The van der Waals surface area contributed by atoms with E-state index in [1.165, 1.54) is 57.8 Å². The van der Waals surface area contributed by atoms with E-state index in [2.05, 4.69) is 0 Å². The molecule has 0 unspecified atom stereocenters. The minimum absolute atomic E-state index is 0.437. The largest absolute Gasteiger partial charge is 0.300 e.